The topological polar surface area (TPSA) is 17.1 Å². The molecule has 5 rings (SSSR count). The van der Waals surface area contributed by atoms with E-state index >= 15 is 0 Å². The van der Waals surface area contributed by atoms with E-state index in [4.69, 9.17) is 0 Å². The van der Waals surface area contributed by atoms with Crippen molar-refractivity contribution in [1.82, 2.24) is 0 Å². The number of allylic oxidation sites excluding steroid dienone is 1. The van der Waals surface area contributed by atoms with Crippen molar-refractivity contribution in [2.75, 3.05) is 0 Å². The van der Waals surface area contributed by atoms with Crippen LogP contribution in [0.4, 0.5) is 0 Å². The highest BCUT2D eigenvalue weighted by atomic mass is 16.1. The van der Waals surface area contributed by atoms with Crippen molar-refractivity contribution in [3.8, 4) is 0 Å². The smallest absolute Gasteiger partial charge is 0.139 e. The summed E-state index contributed by atoms with van der Waals surface area (Å²) in [5, 5.41) is 0. The van der Waals surface area contributed by atoms with E-state index in [9.17, 15) is 4.79 Å². The highest BCUT2D eigenvalue weighted by Gasteiger charge is 2.68. The summed E-state index contributed by atoms with van der Waals surface area (Å²) < 4.78 is 0. The van der Waals surface area contributed by atoms with Crippen LogP contribution in [0.3, 0.4) is 0 Å². The van der Waals surface area contributed by atoms with Crippen LogP contribution in [0.15, 0.2) is 36.4 Å². The lowest BCUT2D eigenvalue weighted by molar-refractivity contribution is -0.151. The molecule has 1 heteroatoms. The molecular weight excluding hydrogens is 280 g/mol. The number of hydrogen-bond donors (Lipinski definition) is 0. The van der Waals surface area contributed by atoms with Crippen molar-refractivity contribution in [2.24, 2.45) is 28.6 Å². The molecule has 0 spiro atoms. The van der Waals surface area contributed by atoms with Crippen LogP contribution in [0.5, 0.6) is 0 Å². The van der Waals surface area contributed by atoms with Crippen LogP contribution in [0.1, 0.15) is 57.1 Å². The van der Waals surface area contributed by atoms with Crippen LogP contribution in [-0.2, 0) is 4.79 Å². The van der Waals surface area contributed by atoms with Crippen molar-refractivity contribution in [3.63, 3.8) is 0 Å². The first kappa shape index (κ1) is 15.2. The van der Waals surface area contributed by atoms with Crippen molar-refractivity contribution in [2.45, 2.75) is 52.9 Å². The highest BCUT2D eigenvalue weighted by Crippen LogP contribution is 2.73. The molecule has 1 aromatic carbocycles. The SMILES string of the molecule is C=C(C)[C@H]1C[C@]2(C)C[C@@]3(C)C(=O)CC2[C@@H]1[C@@H]3c1ccccc1C. The number of aryl methyl sites for hydroxylation is 1. The first-order valence-electron chi connectivity index (χ1n) is 9.02. The van der Waals surface area contributed by atoms with E-state index in [0.717, 1.165) is 12.8 Å². The predicted octanol–water partition coefficient (Wildman–Crippen LogP) is 5.30. The van der Waals surface area contributed by atoms with Gasteiger partial charge in [0.15, 0.2) is 0 Å². The summed E-state index contributed by atoms with van der Waals surface area (Å²) in [6, 6.07) is 8.72. The largest absolute Gasteiger partial charge is 0.299 e. The number of fused-ring (bicyclic) bond motifs is 1. The Morgan fingerprint density at radius 2 is 1.96 bits per heavy atom. The first-order chi connectivity index (χ1) is 10.8. The van der Waals surface area contributed by atoms with Crippen molar-refractivity contribution in [3.05, 3.63) is 47.5 Å². The van der Waals surface area contributed by atoms with Gasteiger partial charge >= 0.3 is 0 Å². The maximum atomic E-state index is 13.0. The molecule has 4 saturated carbocycles. The Bertz CT molecular complexity index is 702. The normalized spacial score (nSPS) is 44.6. The summed E-state index contributed by atoms with van der Waals surface area (Å²) >= 11 is 0. The minimum Gasteiger partial charge on any atom is -0.299 e. The molecule has 4 aliphatic carbocycles. The van der Waals surface area contributed by atoms with Gasteiger partial charge in [-0.1, -0.05) is 50.3 Å². The van der Waals surface area contributed by atoms with Crippen LogP contribution in [-0.4, -0.2) is 5.78 Å². The van der Waals surface area contributed by atoms with Gasteiger partial charge in [0.1, 0.15) is 5.78 Å². The number of Topliss-reactive ketones (excluding diaryl/α,β-unsaturated/α-hetero) is 1. The van der Waals surface area contributed by atoms with Gasteiger partial charge in [0.05, 0.1) is 0 Å². The van der Waals surface area contributed by atoms with E-state index in [1.807, 2.05) is 0 Å². The maximum absolute atomic E-state index is 13.0. The summed E-state index contributed by atoms with van der Waals surface area (Å²) in [6.07, 6.45) is 3.08. The lowest BCUT2D eigenvalue weighted by atomic mass is 9.44. The number of benzene rings is 1. The van der Waals surface area contributed by atoms with Crippen molar-refractivity contribution >= 4 is 5.78 Å². The fraction of sp³-hybridized carbons (Fsp3) is 0.591. The van der Waals surface area contributed by atoms with Gasteiger partial charge in [-0.25, -0.2) is 0 Å². The van der Waals surface area contributed by atoms with Gasteiger partial charge in [0, 0.05) is 17.8 Å². The monoisotopic (exact) mass is 308 g/mol. The third kappa shape index (κ3) is 1.83. The molecule has 0 radical (unpaired) electrons. The minimum atomic E-state index is -0.190. The van der Waals surface area contributed by atoms with Crippen LogP contribution in [0.2, 0.25) is 0 Å². The molecule has 6 atom stereocenters. The van der Waals surface area contributed by atoms with E-state index in [1.54, 1.807) is 0 Å². The lowest BCUT2D eigenvalue weighted by Gasteiger charge is -2.58. The zero-order valence-electron chi connectivity index (χ0n) is 14.9. The molecule has 0 amide bonds. The van der Waals surface area contributed by atoms with Gasteiger partial charge in [-0.3, -0.25) is 4.79 Å². The van der Waals surface area contributed by atoms with Gasteiger partial charge < -0.3 is 0 Å². The first-order valence-corrected chi connectivity index (χ1v) is 9.02. The second-order valence-corrected chi connectivity index (χ2v) is 9.05. The third-order valence-electron chi connectivity index (χ3n) is 7.55. The molecule has 1 unspecified atom stereocenters. The summed E-state index contributed by atoms with van der Waals surface area (Å²) in [7, 11) is 0. The van der Waals surface area contributed by atoms with Crippen LogP contribution in [0.25, 0.3) is 0 Å². The molecule has 0 aromatic heterocycles. The van der Waals surface area contributed by atoms with Gasteiger partial charge in [-0.05, 0) is 61.0 Å². The Kier molecular flexibility index (Phi) is 3.03. The van der Waals surface area contributed by atoms with E-state index in [1.165, 1.54) is 23.1 Å². The molecule has 1 nitrogen and oxygen atoms in total. The second-order valence-electron chi connectivity index (χ2n) is 9.05. The number of ketones is 1. The number of carbonyl (C=O) groups excluding carboxylic acids is 1. The Labute approximate surface area is 140 Å². The van der Waals surface area contributed by atoms with Crippen LogP contribution >= 0.6 is 0 Å². The minimum absolute atomic E-state index is 0.190. The molecule has 0 N–H and O–H groups in total. The number of hydrogen-bond acceptors (Lipinski definition) is 1. The van der Waals surface area contributed by atoms with Gasteiger partial charge in [-0.15, -0.1) is 0 Å². The predicted molar refractivity (Wildman–Crippen MR) is 94.3 cm³/mol. The molecule has 1 aromatic rings. The molecule has 4 bridgehead atoms. The molecule has 0 aliphatic heterocycles. The zero-order valence-corrected chi connectivity index (χ0v) is 14.9. The Morgan fingerprint density at radius 1 is 1.26 bits per heavy atom. The molecule has 0 saturated heterocycles. The zero-order chi connectivity index (χ0) is 16.6. The van der Waals surface area contributed by atoms with Gasteiger partial charge in [0.2, 0.25) is 0 Å². The summed E-state index contributed by atoms with van der Waals surface area (Å²) in [6.45, 7) is 13.4. The van der Waals surface area contributed by atoms with E-state index in [0.29, 0.717) is 34.9 Å². The average Bonchev–Trinajstić information content (AvgIpc) is 2.69. The van der Waals surface area contributed by atoms with Crippen molar-refractivity contribution in [1.29, 1.82) is 0 Å². The molecule has 122 valence electrons. The fourth-order valence-electron chi connectivity index (χ4n) is 6.65. The number of rotatable bonds is 2. The third-order valence-corrected chi connectivity index (χ3v) is 7.55. The molecular formula is C22H28O. The van der Waals surface area contributed by atoms with E-state index < -0.39 is 0 Å². The summed E-state index contributed by atoms with van der Waals surface area (Å²) in [5.41, 5.74) is 4.21. The quantitative estimate of drug-likeness (QED) is 0.678. The molecule has 23 heavy (non-hydrogen) atoms. The maximum Gasteiger partial charge on any atom is 0.139 e. The highest BCUT2D eigenvalue weighted by molar-refractivity contribution is 5.88. The second kappa shape index (κ2) is 4.59. The van der Waals surface area contributed by atoms with Gasteiger partial charge in [0.25, 0.3) is 0 Å². The summed E-state index contributed by atoms with van der Waals surface area (Å²) in [4.78, 5) is 13.0. The average molecular weight is 308 g/mol. The van der Waals surface area contributed by atoms with Crippen molar-refractivity contribution < 1.29 is 4.79 Å². The molecule has 4 aliphatic rings. The van der Waals surface area contributed by atoms with Crippen LogP contribution < -0.4 is 0 Å². The summed E-state index contributed by atoms with van der Waals surface area (Å²) in [5.74, 6) is 2.58. The van der Waals surface area contributed by atoms with Gasteiger partial charge in [-0.2, -0.15) is 0 Å². The standard InChI is InChI=1S/C22H28O/c1-13(2)16-11-21(4)12-22(5)18(23)10-17(21)19(16)20(22)15-9-7-6-8-14(15)3/h6-9,16-17,19-20H,1,10-12H2,2-5H3/t16-,17?,19-,20+,21-,22+/m1/s1. The lowest BCUT2D eigenvalue weighted by Crippen LogP contribution is -2.56. The number of carbonyl (C=O) groups is 1. The molecule has 4 fully saturated rings. The van der Waals surface area contributed by atoms with E-state index in [2.05, 4.69) is 58.5 Å². The Hall–Kier alpha value is -1.37. The Balaban J connectivity index is 1.92. The Morgan fingerprint density at radius 3 is 2.61 bits per heavy atom. The van der Waals surface area contributed by atoms with E-state index in [-0.39, 0.29) is 5.41 Å². The molecule has 0 heterocycles. The fourth-order valence-corrected chi connectivity index (χ4v) is 6.65. The van der Waals surface area contributed by atoms with Crippen LogP contribution in [0, 0.1) is 35.5 Å².